The molecule has 2 saturated heterocycles. The number of aromatic nitrogens is 1. The smallest absolute Gasteiger partial charge is 0.254 e. The lowest BCUT2D eigenvalue weighted by Gasteiger charge is -2.39. The van der Waals surface area contributed by atoms with Gasteiger partial charge in [-0.15, -0.1) is 0 Å². The lowest BCUT2D eigenvalue weighted by molar-refractivity contribution is 0.0735. The Balaban J connectivity index is 1.42. The average Bonchev–Trinajstić information content (AvgIpc) is 3.35. The summed E-state index contributed by atoms with van der Waals surface area (Å²) in [5.74, 6) is -0.111. The normalized spacial score (nSPS) is 29.4. The minimum atomic E-state index is -3.67. The fourth-order valence-corrected chi connectivity index (χ4v) is 8.54. The van der Waals surface area contributed by atoms with Gasteiger partial charge in [-0.3, -0.25) is 9.78 Å². The third kappa shape index (κ3) is 4.10. The number of carbonyl (C=O) groups excluding carboxylic acids is 1. The molecule has 3 atom stereocenters. The molecule has 2 bridgehead atoms. The highest BCUT2D eigenvalue weighted by Gasteiger charge is 2.53. The van der Waals surface area contributed by atoms with E-state index in [1.807, 2.05) is 17.0 Å². The van der Waals surface area contributed by atoms with Crippen LogP contribution in [0.25, 0.3) is 0 Å². The van der Waals surface area contributed by atoms with Gasteiger partial charge in [-0.1, -0.05) is 26.8 Å². The molecule has 7 heteroatoms. The van der Waals surface area contributed by atoms with Crippen molar-refractivity contribution in [3.8, 4) is 0 Å². The molecule has 0 spiro atoms. The van der Waals surface area contributed by atoms with E-state index < -0.39 is 10.0 Å². The first-order valence-corrected chi connectivity index (χ1v) is 13.3. The van der Waals surface area contributed by atoms with Crippen LogP contribution < -0.4 is 0 Å². The zero-order chi connectivity index (χ0) is 23.4. The number of benzene rings is 1. The number of hydrogen-bond acceptors (Lipinski definition) is 4. The number of nitrogens with zero attached hydrogens (tertiary/aromatic N) is 3. The number of sulfonamides is 1. The van der Waals surface area contributed by atoms with E-state index in [0.29, 0.717) is 18.7 Å². The van der Waals surface area contributed by atoms with Crippen molar-refractivity contribution in [3.05, 3.63) is 59.9 Å². The van der Waals surface area contributed by atoms with Crippen molar-refractivity contribution in [2.24, 2.45) is 10.8 Å². The Labute approximate surface area is 197 Å². The highest BCUT2D eigenvalue weighted by atomic mass is 32.2. The molecule has 2 aromatic rings. The molecule has 6 nitrogen and oxygen atoms in total. The van der Waals surface area contributed by atoms with Crippen LogP contribution in [0.2, 0.25) is 0 Å². The Morgan fingerprint density at radius 3 is 2.61 bits per heavy atom. The van der Waals surface area contributed by atoms with Gasteiger partial charge in [-0.25, -0.2) is 8.42 Å². The second-order valence-corrected chi connectivity index (χ2v) is 13.1. The second kappa shape index (κ2) is 7.91. The van der Waals surface area contributed by atoms with Crippen molar-refractivity contribution in [2.45, 2.75) is 69.9 Å². The van der Waals surface area contributed by atoms with Gasteiger partial charge in [0.05, 0.1) is 10.9 Å². The highest BCUT2D eigenvalue weighted by Crippen LogP contribution is 2.53. The zero-order valence-corrected chi connectivity index (χ0v) is 20.5. The fraction of sp³-hybridized carbons (Fsp3) is 0.538. The summed E-state index contributed by atoms with van der Waals surface area (Å²) in [6, 6.07) is 10.6. The van der Waals surface area contributed by atoms with E-state index in [1.54, 1.807) is 41.0 Å². The van der Waals surface area contributed by atoms with Crippen LogP contribution in [0.1, 0.15) is 74.8 Å². The van der Waals surface area contributed by atoms with Gasteiger partial charge < -0.3 is 4.90 Å². The lowest BCUT2D eigenvalue weighted by atomic mass is 9.65. The number of rotatable bonds is 4. The van der Waals surface area contributed by atoms with Crippen LogP contribution in [0.5, 0.6) is 0 Å². The van der Waals surface area contributed by atoms with Crippen LogP contribution in [0.15, 0.2) is 53.7 Å². The average molecular weight is 468 g/mol. The Morgan fingerprint density at radius 2 is 1.85 bits per heavy atom. The summed E-state index contributed by atoms with van der Waals surface area (Å²) in [6.45, 7) is 7.91. The summed E-state index contributed by atoms with van der Waals surface area (Å²) in [4.78, 5) is 19.6. The van der Waals surface area contributed by atoms with Crippen molar-refractivity contribution in [2.75, 3.05) is 13.1 Å². The fourth-order valence-electron chi connectivity index (χ4n) is 6.72. The van der Waals surface area contributed by atoms with Gasteiger partial charge in [-0.2, -0.15) is 4.31 Å². The monoisotopic (exact) mass is 467 g/mol. The van der Waals surface area contributed by atoms with E-state index in [-0.39, 0.29) is 33.7 Å². The predicted molar refractivity (Wildman–Crippen MR) is 127 cm³/mol. The number of likely N-dealkylation sites (tertiary alicyclic amines) is 1. The van der Waals surface area contributed by atoms with Gasteiger partial charge in [0.1, 0.15) is 0 Å². The zero-order valence-electron chi connectivity index (χ0n) is 19.7. The number of amides is 1. The van der Waals surface area contributed by atoms with Crippen molar-refractivity contribution in [1.82, 2.24) is 14.2 Å². The summed E-state index contributed by atoms with van der Waals surface area (Å²) < 4.78 is 29.1. The Kier molecular flexibility index (Phi) is 5.40. The summed E-state index contributed by atoms with van der Waals surface area (Å²) in [5.41, 5.74) is 1.66. The van der Waals surface area contributed by atoms with E-state index in [0.717, 1.165) is 37.7 Å². The molecule has 3 fully saturated rings. The van der Waals surface area contributed by atoms with Gasteiger partial charge in [0.25, 0.3) is 5.91 Å². The second-order valence-electron chi connectivity index (χ2n) is 11.2. The summed E-state index contributed by atoms with van der Waals surface area (Å²) in [7, 11) is -3.67. The maximum Gasteiger partial charge on any atom is 0.254 e. The number of hydrogen-bond donors (Lipinski definition) is 0. The van der Waals surface area contributed by atoms with Crippen molar-refractivity contribution in [1.29, 1.82) is 0 Å². The molecule has 33 heavy (non-hydrogen) atoms. The van der Waals surface area contributed by atoms with E-state index in [4.69, 9.17) is 0 Å². The number of carbonyl (C=O) groups is 1. The van der Waals surface area contributed by atoms with Crippen LogP contribution in [0.4, 0.5) is 0 Å². The molecular formula is C26H33N3O3S. The third-order valence-electron chi connectivity index (χ3n) is 7.66. The minimum absolute atomic E-state index is 0.000716. The first kappa shape index (κ1) is 22.5. The lowest BCUT2D eigenvalue weighted by Crippen LogP contribution is -2.37. The van der Waals surface area contributed by atoms with Crippen molar-refractivity contribution >= 4 is 15.9 Å². The molecule has 1 saturated carbocycles. The predicted octanol–water partition coefficient (Wildman–Crippen LogP) is 4.65. The molecule has 1 aliphatic carbocycles. The Hall–Kier alpha value is -2.25. The molecule has 1 aromatic carbocycles. The van der Waals surface area contributed by atoms with Crippen LogP contribution in [0.3, 0.4) is 0 Å². The number of pyridine rings is 1. The molecule has 5 rings (SSSR count). The molecule has 3 unspecified atom stereocenters. The molecule has 3 heterocycles. The molecule has 1 amide bonds. The maximum absolute atomic E-state index is 13.7. The Bertz CT molecular complexity index is 1160. The quantitative estimate of drug-likeness (QED) is 0.656. The largest absolute Gasteiger partial charge is 0.332 e. The third-order valence-corrected chi connectivity index (χ3v) is 9.55. The molecular weight excluding hydrogens is 434 g/mol. The Morgan fingerprint density at radius 1 is 1.09 bits per heavy atom. The first-order chi connectivity index (χ1) is 15.6. The van der Waals surface area contributed by atoms with Gasteiger partial charge in [0, 0.05) is 37.1 Å². The van der Waals surface area contributed by atoms with Crippen LogP contribution in [-0.2, 0) is 10.0 Å². The molecule has 176 valence electrons. The molecule has 1 aromatic heterocycles. The van der Waals surface area contributed by atoms with E-state index >= 15 is 0 Å². The number of fused-ring (bicyclic) bond motifs is 2. The summed E-state index contributed by atoms with van der Waals surface area (Å²) in [5, 5.41) is 0. The van der Waals surface area contributed by atoms with Crippen LogP contribution in [0, 0.1) is 10.8 Å². The van der Waals surface area contributed by atoms with Crippen LogP contribution in [-0.4, -0.2) is 47.6 Å². The first-order valence-electron chi connectivity index (χ1n) is 11.9. The molecule has 0 N–H and O–H groups in total. The van der Waals surface area contributed by atoms with Gasteiger partial charge in [0.15, 0.2) is 0 Å². The topological polar surface area (TPSA) is 70.6 Å². The van der Waals surface area contributed by atoms with Crippen LogP contribution >= 0.6 is 0 Å². The standard InChI is InChI=1S/C26H33N3O3S/c1-25(2)15-21-16-26(3,17-25)18-29(21)33(31,32)22-7-4-6-20(14-22)24(30)28-13-5-8-23(28)19-9-11-27-12-10-19/h4,6-7,9-12,14,21,23H,5,8,13,15-18H2,1-3H3. The van der Waals surface area contributed by atoms with Crippen molar-refractivity contribution in [3.63, 3.8) is 0 Å². The molecule has 3 aliphatic rings. The van der Waals surface area contributed by atoms with Crippen molar-refractivity contribution < 1.29 is 13.2 Å². The van der Waals surface area contributed by atoms with Gasteiger partial charge >= 0.3 is 0 Å². The molecule has 2 aliphatic heterocycles. The van der Waals surface area contributed by atoms with E-state index in [1.165, 1.54) is 0 Å². The van der Waals surface area contributed by atoms with Gasteiger partial charge in [-0.05, 0) is 78.8 Å². The highest BCUT2D eigenvalue weighted by molar-refractivity contribution is 7.89. The van der Waals surface area contributed by atoms with E-state index in [2.05, 4.69) is 25.8 Å². The molecule has 0 radical (unpaired) electrons. The summed E-state index contributed by atoms with van der Waals surface area (Å²) in [6.07, 6.45) is 8.15. The van der Waals surface area contributed by atoms with E-state index in [9.17, 15) is 13.2 Å². The van der Waals surface area contributed by atoms with Gasteiger partial charge in [0.2, 0.25) is 10.0 Å². The maximum atomic E-state index is 13.7. The minimum Gasteiger partial charge on any atom is -0.332 e. The summed E-state index contributed by atoms with van der Waals surface area (Å²) >= 11 is 0. The SMILES string of the molecule is CC1(C)CC2CC(C)(CN2S(=O)(=O)c2cccc(C(=O)N3CCCC3c3ccncc3)c2)C1.